The second-order valence-electron chi connectivity index (χ2n) is 3.49. The summed E-state index contributed by atoms with van der Waals surface area (Å²) in [5.74, 6) is 2.08. The number of benzene rings is 1. The van der Waals surface area contributed by atoms with E-state index in [4.69, 9.17) is 18.0 Å². The molecule has 14 heavy (non-hydrogen) atoms. The minimum atomic E-state index is -0.673. The summed E-state index contributed by atoms with van der Waals surface area (Å²) in [7, 11) is 0. The van der Waals surface area contributed by atoms with E-state index in [0.29, 0.717) is 10.0 Å². The zero-order chi connectivity index (χ0) is 10.9. The first-order chi connectivity index (χ1) is 6.40. The van der Waals surface area contributed by atoms with Crippen LogP contribution in [0.4, 0.5) is 4.39 Å². The molecule has 0 nitrogen and oxygen atoms in total. The summed E-state index contributed by atoms with van der Waals surface area (Å²) in [6, 6.07) is 3.19. The van der Waals surface area contributed by atoms with Gasteiger partial charge in [-0.15, -0.1) is 6.42 Å². The highest BCUT2D eigenvalue weighted by atomic mass is 79.9. The molecule has 0 aliphatic carbocycles. The van der Waals surface area contributed by atoms with Crippen LogP contribution in [0.1, 0.15) is 19.4 Å². The Morgan fingerprint density at radius 2 is 2.07 bits per heavy atom. The molecular weight excluding hydrogens is 266 g/mol. The maximum absolute atomic E-state index is 13.7. The van der Waals surface area contributed by atoms with Crippen molar-refractivity contribution in [3.8, 4) is 12.3 Å². The van der Waals surface area contributed by atoms with Gasteiger partial charge in [-0.3, -0.25) is 0 Å². The van der Waals surface area contributed by atoms with Crippen LogP contribution in [0.5, 0.6) is 0 Å². The molecule has 0 saturated carbocycles. The van der Waals surface area contributed by atoms with E-state index < -0.39 is 11.2 Å². The topological polar surface area (TPSA) is 0 Å². The highest BCUT2D eigenvalue weighted by Crippen LogP contribution is 2.34. The molecule has 0 spiro atoms. The molecule has 3 heteroatoms. The van der Waals surface area contributed by atoms with E-state index in [9.17, 15) is 4.39 Å². The van der Waals surface area contributed by atoms with Crippen molar-refractivity contribution in [1.29, 1.82) is 0 Å². The molecular formula is C11H9BrClF. The van der Waals surface area contributed by atoms with E-state index in [-0.39, 0.29) is 5.02 Å². The standard InChI is InChI=1S/C11H9BrClF/c1-4-11(2,3)9-7(12)5-6-8(13)10(9)14/h1,5-6H,2-3H3. The van der Waals surface area contributed by atoms with Gasteiger partial charge in [0.2, 0.25) is 0 Å². The first kappa shape index (κ1) is 11.6. The molecule has 0 aliphatic rings. The summed E-state index contributed by atoms with van der Waals surface area (Å²) >= 11 is 8.95. The lowest BCUT2D eigenvalue weighted by Crippen LogP contribution is -2.17. The third-order valence-corrected chi connectivity index (χ3v) is 2.98. The Balaban J connectivity index is 3.49. The quantitative estimate of drug-likeness (QED) is 0.533. The molecule has 0 bridgehead atoms. The monoisotopic (exact) mass is 274 g/mol. The Bertz CT molecular complexity index is 404. The van der Waals surface area contributed by atoms with Crippen molar-refractivity contribution in [3.05, 3.63) is 33.0 Å². The average molecular weight is 276 g/mol. The van der Waals surface area contributed by atoms with Gasteiger partial charge in [0.1, 0.15) is 5.82 Å². The van der Waals surface area contributed by atoms with E-state index >= 15 is 0 Å². The van der Waals surface area contributed by atoms with Crippen molar-refractivity contribution in [2.45, 2.75) is 19.3 Å². The molecule has 74 valence electrons. The van der Waals surface area contributed by atoms with Crippen molar-refractivity contribution in [3.63, 3.8) is 0 Å². The highest BCUT2D eigenvalue weighted by Gasteiger charge is 2.25. The first-order valence-electron chi connectivity index (χ1n) is 4.02. The van der Waals surface area contributed by atoms with E-state index in [1.165, 1.54) is 6.07 Å². The predicted octanol–water partition coefficient (Wildman–Crippen LogP) is 4.15. The molecule has 0 aliphatic heterocycles. The highest BCUT2D eigenvalue weighted by molar-refractivity contribution is 9.10. The summed E-state index contributed by atoms with van der Waals surface area (Å²) in [6.07, 6.45) is 5.35. The zero-order valence-electron chi connectivity index (χ0n) is 7.87. The average Bonchev–Trinajstić information content (AvgIpc) is 2.12. The fourth-order valence-electron chi connectivity index (χ4n) is 1.17. The minimum absolute atomic E-state index is 0.0894. The van der Waals surface area contributed by atoms with Crippen molar-refractivity contribution in [2.75, 3.05) is 0 Å². The lowest BCUT2D eigenvalue weighted by Gasteiger charge is -2.20. The van der Waals surface area contributed by atoms with Crippen molar-refractivity contribution in [1.82, 2.24) is 0 Å². The van der Waals surface area contributed by atoms with Gasteiger partial charge in [-0.1, -0.05) is 33.5 Å². The van der Waals surface area contributed by atoms with Gasteiger partial charge in [0.05, 0.1) is 10.4 Å². The van der Waals surface area contributed by atoms with Crippen LogP contribution < -0.4 is 0 Å². The molecule has 1 rings (SSSR count). The van der Waals surface area contributed by atoms with Gasteiger partial charge >= 0.3 is 0 Å². The van der Waals surface area contributed by atoms with Gasteiger partial charge in [-0.2, -0.15) is 0 Å². The fraction of sp³-hybridized carbons (Fsp3) is 0.273. The maximum Gasteiger partial charge on any atom is 0.147 e. The van der Waals surface area contributed by atoms with Crippen LogP contribution in [-0.2, 0) is 5.41 Å². The molecule has 0 amide bonds. The van der Waals surface area contributed by atoms with Crippen LogP contribution in [0, 0.1) is 18.2 Å². The van der Waals surface area contributed by atoms with Crippen molar-refractivity contribution in [2.24, 2.45) is 0 Å². The van der Waals surface area contributed by atoms with Crippen LogP contribution in [0.25, 0.3) is 0 Å². The summed E-state index contributed by atoms with van der Waals surface area (Å²) in [5, 5.41) is 0.0894. The summed E-state index contributed by atoms with van der Waals surface area (Å²) < 4.78 is 14.3. The molecule has 0 atom stereocenters. The lowest BCUT2D eigenvalue weighted by molar-refractivity contribution is 0.565. The van der Waals surface area contributed by atoms with Crippen LogP contribution in [0.2, 0.25) is 5.02 Å². The van der Waals surface area contributed by atoms with Crippen LogP contribution in [0.15, 0.2) is 16.6 Å². The Hall–Kier alpha value is -0.520. The minimum Gasteiger partial charge on any atom is -0.205 e. The van der Waals surface area contributed by atoms with Crippen LogP contribution in [0.3, 0.4) is 0 Å². The second kappa shape index (κ2) is 3.92. The van der Waals surface area contributed by atoms with Gasteiger partial charge in [0.25, 0.3) is 0 Å². The second-order valence-corrected chi connectivity index (χ2v) is 4.75. The van der Waals surface area contributed by atoms with Gasteiger partial charge in [-0.25, -0.2) is 4.39 Å². The lowest BCUT2D eigenvalue weighted by atomic mass is 9.85. The fourth-order valence-corrected chi connectivity index (χ4v) is 2.13. The SMILES string of the molecule is C#CC(C)(C)c1c(Br)ccc(Cl)c1F. The normalized spacial score (nSPS) is 11.1. The van der Waals surface area contributed by atoms with E-state index in [2.05, 4.69) is 21.9 Å². The van der Waals surface area contributed by atoms with E-state index in [1.54, 1.807) is 19.9 Å². The Kier molecular flexibility index (Phi) is 3.24. The summed E-state index contributed by atoms with van der Waals surface area (Å²) in [4.78, 5) is 0. The Morgan fingerprint density at radius 1 is 1.50 bits per heavy atom. The molecule has 1 aromatic rings. The smallest absolute Gasteiger partial charge is 0.147 e. The van der Waals surface area contributed by atoms with E-state index in [1.807, 2.05) is 0 Å². The molecule has 0 heterocycles. The predicted molar refractivity (Wildman–Crippen MR) is 61.0 cm³/mol. The number of hydrogen-bond donors (Lipinski definition) is 0. The zero-order valence-corrected chi connectivity index (χ0v) is 10.2. The number of hydrogen-bond acceptors (Lipinski definition) is 0. The number of rotatable bonds is 1. The summed E-state index contributed by atoms with van der Waals surface area (Å²) in [6.45, 7) is 3.54. The van der Waals surface area contributed by atoms with Crippen LogP contribution >= 0.6 is 27.5 Å². The van der Waals surface area contributed by atoms with Gasteiger partial charge < -0.3 is 0 Å². The van der Waals surface area contributed by atoms with E-state index in [0.717, 1.165) is 0 Å². The number of terminal acetylenes is 1. The number of halogens is 3. The largest absolute Gasteiger partial charge is 0.205 e. The van der Waals surface area contributed by atoms with Crippen molar-refractivity contribution < 1.29 is 4.39 Å². The third kappa shape index (κ3) is 1.94. The van der Waals surface area contributed by atoms with Crippen LogP contribution in [-0.4, -0.2) is 0 Å². The van der Waals surface area contributed by atoms with Crippen molar-refractivity contribution >= 4 is 27.5 Å². The molecule has 0 radical (unpaired) electrons. The molecule has 0 saturated heterocycles. The van der Waals surface area contributed by atoms with Gasteiger partial charge in [0, 0.05) is 10.0 Å². The Labute approximate surface area is 96.6 Å². The maximum atomic E-state index is 13.7. The molecule has 0 aromatic heterocycles. The molecule has 1 aromatic carbocycles. The molecule has 0 unspecified atom stereocenters. The van der Waals surface area contributed by atoms with Gasteiger partial charge in [0.15, 0.2) is 0 Å². The first-order valence-corrected chi connectivity index (χ1v) is 5.19. The molecule has 0 N–H and O–H groups in total. The third-order valence-electron chi connectivity index (χ3n) is 2.03. The molecule has 0 fully saturated rings. The Morgan fingerprint density at radius 3 is 2.57 bits per heavy atom. The summed E-state index contributed by atoms with van der Waals surface area (Å²) in [5.41, 5.74) is -0.249. The van der Waals surface area contributed by atoms with Gasteiger partial charge in [-0.05, 0) is 26.0 Å².